The van der Waals surface area contributed by atoms with Gasteiger partial charge in [0.05, 0.1) is 0 Å². The lowest BCUT2D eigenvalue weighted by molar-refractivity contribution is 0.517. The summed E-state index contributed by atoms with van der Waals surface area (Å²) in [5.41, 5.74) is 0. The SMILES string of the molecule is CSCC(C)NC(C)c1cc(Br)cs1. The van der Waals surface area contributed by atoms with E-state index in [1.54, 1.807) is 11.3 Å². The molecule has 0 fully saturated rings. The van der Waals surface area contributed by atoms with E-state index in [4.69, 9.17) is 0 Å². The Bertz CT molecular complexity index is 275. The van der Waals surface area contributed by atoms with Gasteiger partial charge in [-0.05, 0) is 42.1 Å². The van der Waals surface area contributed by atoms with Gasteiger partial charge in [0, 0.05) is 32.6 Å². The maximum absolute atomic E-state index is 3.58. The molecule has 1 N–H and O–H groups in total. The molecular formula is C10H16BrNS2. The van der Waals surface area contributed by atoms with Crippen molar-refractivity contribution in [3.05, 3.63) is 20.8 Å². The van der Waals surface area contributed by atoms with E-state index in [0.717, 1.165) is 5.75 Å². The fourth-order valence-electron chi connectivity index (χ4n) is 1.36. The second-order valence-electron chi connectivity index (χ2n) is 3.41. The second kappa shape index (κ2) is 6.16. The van der Waals surface area contributed by atoms with Crippen molar-refractivity contribution in [2.45, 2.75) is 25.9 Å². The van der Waals surface area contributed by atoms with Crippen molar-refractivity contribution in [1.82, 2.24) is 5.32 Å². The molecule has 0 amide bonds. The predicted molar refractivity (Wildman–Crippen MR) is 71.4 cm³/mol. The molecular weight excluding hydrogens is 278 g/mol. The lowest BCUT2D eigenvalue weighted by Gasteiger charge is -2.18. The van der Waals surface area contributed by atoms with Crippen LogP contribution in [0, 0.1) is 0 Å². The van der Waals surface area contributed by atoms with Crippen LogP contribution in [0.5, 0.6) is 0 Å². The third-order valence-electron chi connectivity index (χ3n) is 1.97. The van der Waals surface area contributed by atoms with E-state index >= 15 is 0 Å². The minimum Gasteiger partial charge on any atom is -0.306 e. The van der Waals surface area contributed by atoms with Crippen molar-refractivity contribution in [3.8, 4) is 0 Å². The Morgan fingerprint density at radius 3 is 2.79 bits per heavy atom. The Morgan fingerprint density at radius 1 is 1.57 bits per heavy atom. The highest BCUT2D eigenvalue weighted by molar-refractivity contribution is 9.10. The summed E-state index contributed by atoms with van der Waals surface area (Å²) < 4.78 is 1.18. The van der Waals surface area contributed by atoms with Gasteiger partial charge in [-0.1, -0.05) is 0 Å². The van der Waals surface area contributed by atoms with Gasteiger partial charge in [0.2, 0.25) is 0 Å². The monoisotopic (exact) mass is 293 g/mol. The Hall–Kier alpha value is 0.490. The molecule has 80 valence electrons. The van der Waals surface area contributed by atoms with Crippen LogP contribution in [0.25, 0.3) is 0 Å². The highest BCUT2D eigenvalue weighted by Gasteiger charge is 2.10. The zero-order valence-electron chi connectivity index (χ0n) is 8.71. The molecule has 2 unspecified atom stereocenters. The zero-order chi connectivity index (χ0) is 10.6. The fourth-order valence-corrected chi connectivity index (χ4v) is 3.42. The summed E-state index contributed by atoms with van der Waals surface area (Å²) >= 11 is 7.16. The first kappa shape index (κ1) is 12.6. The van der Waals surface area contributed by atoms with E-state index < -0.39 is 0 Å². The summed E-state index contributed by atoms with van der Waals surface area (Å²) in [5.74, 6) is 1.16. The Labute approximate surface area is 103 Å². The van der Waals surface area contributed by atoms with Crippen molar-refractivity contribution in [3.63, 3.8) is 0 Å². The van der Waals surface area contributed by atoms with Gasteiger partial charge in [0.15, 0.2) is 0 Å². The minimum absolute atomic E-state index is 0.452. The lowest BCUT2D eigenvalue weighted by Crippen LogP contribution is -2.30. The molecule has 4 heteroatoms. The van der Waals surface area contributed by atoms with Crippen molar-refractivity contribution in [2.24, 2.45) is 0 Å². The number of halogens is 1. The number of nitrogens with one attached hydrogen (secondary N) is 1. The van der Waals surface area contributed by atoms with Gasteiger partial charge in [-0.15, -0.1) is 11.3 Å². The third kappa shape index (κ3) is 3.93. The zero-order valence-corrected chi connectivity index (χ0v) is 11.9. The highest BCUT2D eigenvalue weighted by Crippen LogP contribution is 2.25. The van der Waals surface area contributed by atoms with Crippen LogP contribution in [0.4, 0.5) is 0 Å². The summed E-state index contributed by atoms with van der Waals surface area (Å²) in [4.78, 5) is 1.39. The molecule has 0 spiro atoms. The summed E-state index contributed by atoms with van der Waals surface area (Å²) in [6.07, 6.45) is 2.14. The van der Waals surface area contributed by atoms with Gasteiger partial charge in [-0.25, -0.2) is 0 Å². The third-order valence-corrected chi connectivity index (χ3v) is 4.68. The fraction of sp³-hybridized carbons (Fsp3) is 0.600. The minimum atomic E-state index is 0.452. The van der Waals surface area contributed by atoms with Crippen LogP contribution in [-0.2, 0) is 0 Å². The summed E-state index contributed by atoms with van der Waals surface area (Å²) in [5, 5.41) is 5.71. The molecule has 2 atom stereocenters. The van der Waals surface area contributed by atoms with Crippen molar-refractivity contribution >= 4 is 39.0 Å². The summed E-state index contributed by atoms with van der Waals surface area (Å²) in [6, 6.07) is 3.21. The van der Waals surface area contributed by atoms with Crippen LogP contribution < -0.4 is 5.32 Å². The normalized spacial score (nSPS) is 15.4. The maximum Gasteiger partial charge on any atom is 0.0388 e. The van der Waals surface area contributed by atoms with Crippen LogP contribution in [0.3, 0.4) is 0 Å². The Balaban J connectivity index is 2.45. The molecule has 1 rings (SSSR count). The maximum atomic E-state index is 3.58. The first-order valence-electron chi connectivity index (χ1n) is 4.62. The van der Waals surface area contributed by atoms with Crippen LogP contribution in [0.2, 0.25) is 0 Å². The molecule has 0 bridgehead atoms. The summed E-state index contributed by atoms with van der Waals surface area (Å²) in [6.45, 7) is 4.45. The average molecular weight is 294 g/mol. The molecule has 0 saturated carbocycles. The Morgan fingerprint density at radius 2 is 2.29 bits per heavy atom. The smallest absolute Gasteiger partial charge is 0.0388 e. The van der Waals surface area contributed by atoms with Crippen LogP contribution in [-0.4, -0.2) is 18.1 Å². The largest absolute Gasteiger partial charge is 0.306 e. The molecule has 1 aromatic rings. The van der Waals surface area contributed by atoms with Crippen LogP contribution in [0.15, 0.2) is 15.9 Å². The van der Waals surface area contributed by atoms with Crippen LogP contribution >= 0.6 is 39.0 Å². The van der Waals surface area contributed by atoms with Crippen molar-refractivity contribution in [1.29, 1.82) is 0 Å². The van der Waals surface area contributed by atoms with E-state index in [9.17, 15) is 0 Å². The van der Waals surface area contributed by atoms with E-state index in [1.807, 2.05) is 11.8 Å². The van der Waals surface area contributed by atoms with E-state index in [2.05, 4.69) is 52.8 Å². The van der Waals surface area contributed by atoms with Gasteiger partial charge in [-0.3, -0.25) is 0 Å². The van der Waals surface area contributed by atoms with E-state index in [1.165, 1.54) is 9.35 Å². The molecule has 1 heterocycles. The molecule has 0 radical (unpaired) electrons. The number of hydrogen-bond acceptors (Lipinski definition) is 3. The second-order valence-corrected chi connectivity index (χ2v) is 6.18. The van der Waals surface area contributed by atoms with E-state index in [0.29, 0.717) is 12.1 Å². The molecule has 1 aromatic heterocycles. The van der Waals surface area contributed by atoms with Gasteiger partial charge in [0.25, 0.3) is 0 Å². The van der Waals surface area contributed by atoms with Crippen LogP contribution in [0.1, 0.15) is 24.8 Å². The molecule has 0 aliphatic heterocycles. The van der Waals surface area contributed by atoms with Gasteiger partial charge in [-0.2, -0.15) is 11.8 Å². The number of rotatable bonds is 5. The predicted octanol–water partition coefficient (Wildman–Crippen LogP) is 3.91. The molecule has 14 heavy (non-hydrogen) atoms. The number of thiophene rings is 1. The number of thioether (sulfide) groups is 1. The van der Waals surface area contributed by atoms with Gasteiger partial charge in [0.1, 0.15) is 0 Å². The number of hydrogen-bond donors (Lipinski definition) is 1. The first-order valence-corrected chi connectivity index (χ1v) is 7.69. The Kier molecular flexibility index (Phi) is 5.52. The first-order chi connectivity index (χ1) is 6.63. The van der Waals surface area contributed by atoms with E-state index in [-0.39, 0.29) is 0 Å². The molecule has 1 nitrogen and oxygen atoms in total. The average Bonchev–Trinajstić information content (AvgIpc) is 2.52. The standard InChI is InChI=1S/C10H16BrNS2/c1-7(5-13-3)12-8(2)10-4-9(11)6-14-10/h4,6-8,12H,5H2,1-3H3. The topological polar surface area (TPSA) is 12.0 Å². The van der Waals surface area contributed by atoms with Gasteiger partial charge >= 0.3 is 0 Å². The molecule has 0 saturated heterocycles. The molecule has 0 aromatic carbocycles. The van der Waals surface area contributed by atoms with Crippen molar-refractivity contribution < 1.29 is 0 Å². The van der Waals surface area contributed by atoms with Crippen molar-refractivity contribution in [2.75, 3.05) is 12.0 Å². The highest BCUT2D eigenvalue weighted by atomic mass is 79.9. The quantitative estimate of drug-likeness (QED) is 0.883. The van der Waals surface area contributed by atoms with Gasteiger partial charge < -0.3 is 5.32 Å². The molecule has 0 aliphatic rings. The summed E-state index contributed by atoms with van der Waals surface area (Å²) in [7, 11) is 0. The molecule has 0 aliphatic carbocycles. The lowest BCUT2D eigenvalue weighted by atomic mass is 10.2.